The van der Waals surface area contributed by atoms with E-state index in [0.717, 1.165) is 27.9 Å². The van der Waals surface area contributed by atoms with Crippen LogP contribution in [-0.2, 0) is 17.7 Å². The number of aromatic nitrogens is 2. The number of hydrogen-bond donors (Lipinski definition) is 0. The number of carbonyl (C=O) groups is 1. The first-order chi connectivity index (χ1) is 13.0. The Morgan fingerprint density at radius 2 is 1.89 bits per heavy atom. The average molecular weight is 422 g/mol. The number of fused-ring (bicyclic) bond motifs is 3. The van der Waals surface area contributed by atoms with Gasteiger partial charge in [-0.2, -0.15) is 5.10 Å². The Morgan fingerprint density at radius 1 is 1.15 bits per heavy atom. The fourth-order valence-electron chi connectivity index (χ4n) is 3.39. The third-order valence-corrected chi connectivity index (χ3v) is 5.37. The quantitative estimate of drug-likeness (QED) is 0.401. The lowest BCUT2D eigenvalue weighted by molar-refractivity contribution is 0.0517. The van der Waals surface area contributed by atoms with Crippen LogP contribution in [0.2, 0.25) is 15.1 Å². The Kier molecular flexibility index (Phi) is 4.89. The number of nitrogens with zero attached hydrogens (tertiary/aromatic N) is 2. The van der Waals surface area contributed by atoms with Crippen LogP contribution in [0.5, 0.6) is 0 Å². The Morgan fingerprint density at radius 3 is 2.63 bits per heavy atom. The molecule has 0 atom stereocenters. The summed E-state index contributed by atoms with van der Waals surface area (Å²) in [7, 11) is 0. The molecule has 0 unspecified atom stereocenters. The zero-order chi connectivity index (χ0) is 19.1. The molecule has 1 aliphatic carbocycles. The molecule has 4 rings (SSSR count). The van der Waals surface area contributed by atoms with Gasteiger partial charge in [0.15, 0.2) is 5.69 Å². The van der Waals surface area contributed by atoms with Gasteiger partial charge < -0.3 is 4.74 Å². The van der Waals surface area contributed by atoms with Crippen molar-refractivity contribution in [3.05, 3.63) is 73.9 Å². The molecule has 3 aromatic rings. The van der Waals surface area contributed by atoms with Gasteiger partial charge in [-0.05, 0) is 42.3 Å². The molecule has 0 saturated carbocycles. The molecule has 0 amide bonds. The van der Waals surface area contributed by atoms with Crippen LogP contribution >= 0.6 is 34.8 Å². The van der Waals surface area contributed by atoms with Crippen LogP contribution < -0.4 is 0 Å². The number of esters is 1. The number of ether oxygens (including phenoxy) is 1. The molecule has 0 aliphatic heterocycles. The normalized spacial score (nSPS) is 12.0. The first-order valence-electron chi connectivity index (χ1n) is 8.47. The molecule has 138 valence electrons. The van der Waals surface area contributed by atoms with E-state index in [1.165, 1.54) is 0 Å². The summed E-state index contributed by atoms with van der Waals surface area (Å²) >= 11 is 18.5. The summed E-state index contributed by atoms with van der Waals surface area (Å²) in [5.41, 5.74) is 5.04. The Bertz CT molecular complexity index is 1060. The summed E-state index contributed by atoms with van der Waals surface area (Å²) in [5, 5.41) is 6.34. The van der Waals surface area contributed by atoms with Crippen LogP contribution in [0, 0.1) is 0 Å². The molecule has 2 aromatic carbocycles. The van der Waals surface area contributed by atoms with E-state index in [1.807, 2.05) is 24.3 Å². The molecule has 0 fully saturated rings. The molecule has 0 N–H and O–H groups in total. The summed E-state index contributed by atoms with van der Waals surface area (Å²) in [6, 6.07) is 11.1. The number of hydrogen-bond acceptors (Lipinski definition) is 3. The largest absolute Gasteiger partial charge is 0.461 e. The van der Waals surface area contributed by atoms with E-state index in [-0.39, 0.29) is 0 Å². The fourth-order valence-corrected chi connectivity index (χ4v) is 4.05. The van der Waals surface area contributed by atoms with Crippen molar-refractivity contribution in [2.45, 2.75) is 19.9 Å². The van der Waals surface area contributed by atoms with Gasteiger partial charge in [-0.15, -0.1) is 0 Å². The van der Waals surface area contributed by atoms with Gasteiger partial charge in [-0.25, -0.2) is 4.79 Å². The smallest absolute Gasteiger partial charge is 0.359 e. The summed E-state index contributed by atoms with van der Waals surface area (Å²) < 4.78 is 7.00. The number of carbonyl (C=O) groups excluding carboxylic acids is 1. The highest BCUT2D eigenvalue weighted by Crippen LogP contribution is 2.40. The Balaban J connectivity index is 1.83. The third-order valence-electron chi connectivity index (χ3n) is 4.54. The van der Waals surface area contributed by atoms with E-state index in [0.29, 0.717) is 40.3 Å². The topological polar surface area (TPSA) is 44.1 Å². The zero-order valence-electron chi connectivity index (χ0n) is 14.4. The molecule has 0 bridgehead atoms. The van der Waals surface area contributed by atoms with Crippen LogP contribution in [0.15, 0.2) is 36.4 Å². The van der Waals surface area contributed by atoms with Gasteiger partial charge >= 0.3 is 5.97 Å². The molecular formula is C20H15Cl3N2O2. The van der Waals surface area contributed by atoms with Gasteiger partial charge in [0.1, 0.15) is 0 Å². The van der Waals surface area contributed by atoms with Crippen LogP contribution in [0.1, 0.15) is 34.1 Å². The van der Waals surface area contributed by atoms with E-state index in [1.54, 1.807) is 23.7 Å². The second-order valence-corrected chi connectivity index (χ2v) is 7.55. The molecule has 0 spiro atoms. The van der Waals surface area contributed by atoms with Crippen molar-refractivity contribution >= 4 is 40.8 Å². The van der Waals surface area contributed by atoms with Crippen molar-refractivity contribution in [1.82, 2.24) is 9.78 Å². The molecule has 1 aliphatic rings. The van der Waals surface area contributed by atoms with Gasteiger partial charge in [0, 0.05) is 32.6 Å². The van der Waals surface area contributed by atoms with Gasteiger partial charge in [-0.1, -0.05) is 46.9 Å². The SMILES string of the molecule is CCOC(=O)c1nn(Cc2ccc(Cl)cc2Cl)c2c1Cc1cc(Cl)ccc1-2. The van der Waals surface area contributed by atoms with Crippen molar-refractivity contribution in [3.63, 3.8) is 0 Å². The predicted octanol–water partition coefficient (Wildman–Crippen LogP) is 5.64. The highest BCUT2D eigenvalue weighted by Gasteiger charge is 2.31. The molecular weight excluding hydrogens is 407 g/mol. The van der Waals surface area contributed by atoms with Crippen LogP contribution in [0.25, 0.3) is 11.3 Å². The molecule has 1 aromatic heterocycles. The molecule has 1 heterocycles. The first kappa shape index (κ1) is 18.4. The van der Waals surface area contributed by atoms with Crippen molar-refractivity contribution in [2.24, 2.45) is 0 Å². The number of rotatable bonds is 4. The zero-order valence-corrected chi connectivity index (χ0v) is 16.7. The Hall–Kier alpha value is -2.01. The maximum absolute atomic E-state index is 12.4. The highest BCUT2D eigenvalue weighted by atomic mass is 35.5. The maximum atomic E-state index is 12.4. The lowest BCUT2D eigenvalue weighted by Crippen LogP contribution is -2.10. The van der Waals surface area contributed by atoms with Crippen molar-refractivity contribution < 1.29 is 9.53 Å². The minimum Gasteiger partial charge on any atom is -0.461 e. The van der Waals surface area contributed by atoms with Crippen molar-refractivity contribution in [1.29, 1.82) is 0 Å². The van der Waals surface area contributed by atoms with Gasteiger partial charge in [0.25, 0.3) is 0 Å². The minimum absolute atomic E-state index is 0.294. The van der Waals surface area contributed by atoms with Crippen molar-refractivity contribution in [2.75, 3.05) is 6.61 Å². The first-order valence-corrected chi connectivity index (χ1v) is 9.61. The van der Waals surface area contributed by atoms with Crippen LogP contribution in [-0.4, -0.2) is 22.4 Å². The average Bonchev–Trinajstić information content (AvgIpc) is 3.14. The van der Waals surface area contributed by atoms with Gasteiger partial charge in [-0.3, -0.25) is 4.68 Å². The van der Waals surface area contributed by atoms with E-state index < -0.39 is 5.97 Å². The monoisotopic (exact) mass is 420 g/mol. The van der Waals surface area contributed by atoms with Gasteiger partial charge in [0.05, 0.1) is 18.8 Å². The second-order valence-electron chi connectivity index (χ2n) is 6.27. The number of halogens is 3. The standard InChI is InChI=1S/C20H15Cl3N2O2/c1-2-27-20(26)18-16-8-12-7-13(21)5-6-15(12)19(16)25(24-18)10-11-3-4-14(22)9-17(11)23/h3-7,9H,2,8,10H2,1H3. The van der Waals surface area contributed by atoms with E-state index in [4.69, 9.17) is 39.5 Å². The highest BCUT2D eigenvalue weighted by molar-refractivity contribution is 6.35. The van der Waals surface area contributed by atoms with Crippen LogP contribution in [0.3, 0.4) is 0 Å². The predicted molar refractivity (Wildman–Crippen MR) is 107 cm³/mol. The fraction of sp³-hybridized carbons (Fsp3) is 0.200. The van der Waals surface area contributed by atoms with E-state index >= 15 is 0 Å². The minimum atomic E-state index is -0.423. The molecule has 27 heavy (non-hydrogen) atoms. The number of benzene rings is 2. The van der Waals surface area contributed by atoms with Crippen molar-refractivity contribution in [3.8, 4) is 11.3 Å². The van der Waals surface area contributed by atoms with E-state index in [2.05, 4.69) is 5.10 Å². The summed E-state index contributed by atoms with van der Waals surface area (Å²) in [6.45, 7) is 2.49. The second kappa shape index (κ2) is 7.19. The molecule has 0 radical (unpaired) electrons. The summed E-state index contributed by atoms with van der Waals surface area (Å²) in [5.74, 6) is -0.423. The molecule has 0 saturated heterocycles. The maximum Gasteiger partial charge on any atom is 0.359 e. The molecule has 7 heteroatoms. The summed E-state index contributed by atoms with van der Waals surface area (Å²) in [4.78, 5) is 12.4. The van der Waals surface area contributed by atoms with Crippen LogP contribution in [0.4, 0.5) is 0 Å². The third kappa shape index (κ3) is 3.33. The lowest BCUT2D eigenvalue weighted by Gasteiger charge is -2.10. The lowest BCUT2D eigenvalue weighted by atomic mass is 10.1. The Labute approximate surface area is 171 Å². The van der Waals surface area contributed by atoms with Gasteiger partial charge in [0.2, 0.25) is 0 Å². The molecule has 4 nitrogen and oxygen atoms in total. The summed E-state index contributed by atoms with van der Waals surface area (Å²) in [6.07, 6.45) is 0.591. The van der Waals surface area contributed by atoms with E-state index in [9.17, 15) is 4.79 Å².